The molecule has 5 aromatic rings. The van der Waals surface area contributed by atoms with Gasteiger partial charge in [-0.15, -0.1) is 0 Å². The molecule has 3 heterocycles. The van der Waals surface area contributed by atoms with Crippen LogP contribution in [0.1, 0.15) is 0 Å². The Balaban J connectivity index is 1.48. The second-order valence-electron chi connectivity index (χ2n) is 7.72. The number of benzene rings is 2. The van der Waals surface area contributed by atoms with E-state index in [-0.39, 0.29) is 33.6 Å². The molecule has 0 amide bonds. The summed E-state index contributed by atoms with van der Waals surface area (Å²) in [6, 6.07) is 14.6. The van der Waals surface area contributed by atoms with Gasteiger partial charge in [-0.2, -0.15) is 0 Å². The predicted molar refractivity (Wildman–Crippen MR) is 138 cm³/mol. The molecule has 0 saturated carbocycles. The maximum Gasteiger partial charge on any atom is 0.200 e. The number of aromatic amines is 1. The minimum Gasteiger partial charge on any atom is -0.497 e. The molecule has 0 unspecified atom stereocenters. The summed E-state index contributed by atoms with van der Waals surface area (Å²) in [6.45, 7) is 0. The number of nitrogens with zero attached hydrogens (tertiary/aromatic N) is 2. The van der Waals surface area contributed by atoms with Crippen LogP contribution >= 0.6 is 11.6 Å². The highest BCUT2D eigenvalue weighted by molar-refractivity contribution is 6.34. The van der Waals surface area contributed by atoms with Crippen molar-refractivity contribution in [2.24, 2.45) is 0 Å². The molecule has 180 valence electrons. The molecule has 0 fully saturated rings. The number of nitrogens with two attached hydrogens (primary N) is 1. The number of fused-ring (bicyclic) bond motifs is 1. The average molecular weight is 504 g/mol. The van der Waals surface area contributed by atoms with Gasteiger partial charge in [-0.05, 0) is 35.9 Å². The second-order valence-corrected chi connectivity index (χ2v) is 8.10. The fourth-order valence-electron chi connectivity index (χ4n) is 3.68. The predicted octanol–water partition coefficient (Wildman–Crippen LogP) is 5.90. The Labute approximate surface area is 209 Å². The van der Waals surface area contributed by atoms with Gasteiger partial charge in [0.05, 0.1) is 18.0 Å². The summed E-state index contributed by atoms with van der Waals surface area (Å²) in [6.07, 6.45) is 4.62. The third kappa shape index (κ3) is 4.39. The van der Waals surface area contributed by atoms with Crippen LogP contribution in [0.4, 0.5) is 21.7 Å². The summed E-state index contributed by atoms with van der Waals surface area (Å²) in [5.74, 6) is 0.510. The molecule has 3 aromatic heterocycles. The molecule has 0 aliphatic heterocycles. The number of aromatic nitrogens is 3. The first-order valence-corrected chi connectivity index (χ1v) is 11.1. The van der Waals surface area contributed by atoms with E-state index in [0.29, 0.717) is 27.9 Å². The van der Waals surface area contributed by atoms with Crippen LogP contribution < -0.4 is 26.0 Å². The molecule has 36 heavy (non-hydrogen) atoms. The van der Waals surface area contributed by atoms with E-state index in [0.717, 1.165) is 5.56 Å². The number of nitrogen functional groups attached to an aromatic ring is 1. The van der Waals surface area contributed by atoms with E-state index in [2.05, 4.69) is 20.3 Å². The molecule has 0 atom stereocenters. The molecule has 5 rings (SSSR count). The number of pyridine rings is 3. The lowest BCUT2D eigenvalue weighted by atomic mass is 10.0. The van der Waals surface area contributed by atoms with Crippen LogP contribution in [0.3, 0.4) is 0 Å². The first-order valence-electron chi connectivity index (χ1n) is 10.7. The molecule has 0 aliphatic carbocycles. The van der Waals surface area contributed by atoms with Gasteiger partial charge in [0, 0.05) is 42.0 Å². The number of ether oxygens (including phenoxy) is 2. The Morgan fingerprint density at radius 1 is 1.03 bits per heavy atom. The largest absolute Gasteiger partial charge is 0.497 e. The van der Waals surface area contributed by atoms with E-state index in [1.54, 1.807) is 55.9 Å². The lowest BCUT2D eigenvalue weighted by molar-refractivity contribution is 0.415. The van der Waals surface area contributed by atoms with Gasteiger partial charge in [-0.25, -0.2) is 14.4 Å². The van der Waals surface area contributed by atoms with Gasteiger partial charge in [0.25, 0.3) is 0 Å². The normalized spacial score (nSPS) is 10.9. The van der Waals surface area contributed by atoms with Crippen LogP contribution in [0.5, 0.6) is 17.2 Å². The van der Waals surface area contributed by atoms with E-state index >= 15 is 0 Å². The van der Waals surface area contributed by atoms with Crippen molar-refractivity contribution in [1.82, 2.24) is 15.0 Å². The summed E-state index contributed by atoms with van der Waals surface area (Å²) in [5, 5.41) is 3.46. The Morgan fingerprint density at radius 3 is 2.56 bits per heavy atom. The SMILES string of the molecule is COc1ccc(-c2c[nH]c3ccnc(Nc4ccc(Oc5ccnc(N)c5Cl)c(F)c4)c3c2=O)cc1. The Bertz CT molecular complexity index is 1640. The number of hydrogen-bond donors (Lipinski definition) is 3. The fourth-order valence-corrected chi connectivity index (χ4v) is 3.83. The van der Waals surface area contributed by atoms with Gasteiger partial charge >= 0.3 is 0 Å². The number of halogens is 2. The smallest absolute Gasteiger partial charge is 0.200 e. The van der Waals surface area contributed by atoms with Gasteiger partial charge in [0.1, 0.15) is 22.4 Å². The molecule has 0 radical (unpaired) electrons. The van der Waals surface area contributed by atoms with Crippen molar-refractivity contribution >= 4 is 39.8 Å². The highest BCUT2D eigenvalue weighted by Gasteiger charge is 2.15. The van der Waals surface area contributed by atoms with E-state index in [1.807, 2.05) is 0 Å². The Morgan fingerprint density at radius 2 is 1.81 bits per heavy atom. The lowest BCUT2D eigenvalue weighted by Gasteiger charge is -2.12. The van der Waals surface area contributed by atoms with Crippen molar-refractivity contribution in [3.63, 3.8) is 0 Å². The van der Waals surface area contributed by atoms with Crippen LogP contribution in [-0.2, 0) is 0 Å². The van der Waals surface area contributed by atoms with E-state index < -0.39 is 5.82 Å². The summed E-state index contributed by atoms with van der Waals surface area (Å²) >= 11 is 6.08. The summed E-state index contributed by atoms with van der Waals surface area (Å²) in [5.41, 5.74) is 7.58. The van der Waals surface area contributed by atoms with Crippen molar-refractivity contribution in [1.29, 1.82) is 0 Å². The third-order valence-corrected chi connectivity index (χ3v) is 5.87. The monoisotopic (exact) mass is 503 g/mol. The zero-order chi connectivity index (χ0) is 25.2. The number of rotatable bonds is 6. The van der Waals surface area contributed by atoms with Crippen molar-refractivity contribution in [2.45, 2.75) is 0 Å². The van der Waals surface area contributed by atoms with Crippen LogP contribution in [0.2, 0.25) is 5.02 Å². The summed E-state index contributed by atoms with van der Waals surface area (Å²) in [7, 11) is 1.58. The number of H-pyrrole nitrogens is 1. The van der Waals surface area contributed by atoms with Crippen molar-refractivity contribution in [3.05, 3.63) is 94.3 Å². The van der Waals surface area contributed by atoms with Crippen LogP contribution in [0.25, 0.3) is 22.0 Å². The quantitative estimate of drug-likeness (QED) is 0.264. The molecule has 0 saturated heterocycles. The molecular weight excluding hydrogens is 485 g/mol. The fraction of sp³-hybridized carbons (Fsp3) is 0.0385. The first kappa shape index (κ1) is 23.1. The number of nitrogens with one attached hydrogen (secondary N) is 2. The second kappa shape index (κ2) is 9.55. The highest BCUT2D eigenvalue weighted by Crippen LogP contribution is 2.34. The zero-order valence-corrected chi connectivity index (χ0v) is 19.6. The first-order chi connectivity index (χ1) is 17.4. The van der Waals surface area contributed by atoms with Crippen molar-refractivity contribution in [3.8, 4) is 28.4 Å². The Hall–Kier alpha value is -4.63. The maximum atomic E-state index is 14.9. The Kier molecular flexibility index (Phi) is 6.14. The maximum absolute atomic E-state index is 14.9. The summed E-state index contributed by atoms with van der Waals surface area (Å²) < 4.78 is 25.6. The molecule has 0 aliphatic rings. The highest BCUT2D eigenvalue weighted by atomic mass is 35.5. The van der Waals surface area contributed by atoms with E-state index in [4.69, 9.17) is 26.8 Å². The minimum absolute atomic E-state index is 0.0569. The topological polar surface area (TPSA) is 115 Å². The molecule has 0 bridgehead atoms. The van der Waals surface area contributed by atoms with Gasteiger partial charge in [0.15, 0.2) is 17.3 Å². The molecular formula is C26H19ClFN5O3. The van der Waals surface area contributed by atoms with Crippen molar-refractivity contribution < 1.29 is 13.9 Å². The van der Waals surface area contributed by atoms with Crippen molar-refractivity contribution in [2.75, 3.05) is 18.2 Å². The zero-order valence-electron chi connectivity index (χ0n) is 18.9. The number of hydrogen-bond acceptors (Lipinski definition) is 7. The van der Waals surface area contributed by atoms with Gasteiger partial charge in [-0.1, -0.05) is 23.7 Å². The molecule has 2 aromatic carbocycles. The number of methoxy groups -OCH3 is 1. The van der Waals surface area contributed by atoms with Crippen LogP contribution in [0.15, 0.2) is 78.0 Å². The molecule has 0 spiro atoms. The van der Waals surface area contributed by atoms with E-state index in [9.17, 15) is 9.18 Å². The standard InChI is InChI=1S/C26H19ClFN5O3/c1-35-16-5-2-14(3-6-16)17-13-32-19-8-10-31-26(22(19)24(17)34)33-15-4-7-20(18(28)12-15)36-21-9-11-30-25(29)23(21)27/h2-13H,1H3,(H2,29,30)(H,31,33)(H,32,34). The van der Waals surface area contributed by atoms with Gasteiger partial charge in [0.2, 0.25) is 5.43 Å². The lowest BCUT2D eigenvalue weighted by Crippen LogP contribution is -2.10. The number of anilines is 3. The molecule has 8 nitrogen and oxygen atoms in total. The van der Waals surface area contributed by atoms with E-state index in [1.165, 1.54) is 24.4 Å². The van der Waals surface area contributed by atoms with Crippen LogP contribution in [-0.4, -0.2) is 22.1 Å². The molecule has 4 N–H and O–H groups in total. The van der Waals surface area contributed by atoms with Gasteiger partial charge in [-0.3, -0.25) is 4.79 Å². The average Bonchev–Trinajstić information content (AvgIpc) is 2.88. The third-order valence-electron chi connectivity index (χ3n) is 5.49. The van der Waals surface area contributed by atoms with Crippen LogP contribution in [0, 0.1) is 5.82 Å². The summed E-state index contributed by atoms with van der Waals surface area (Å²) in [4.78, 5) is 24.7. The minimum atomic E-state index is -0.653. The van der Waals surface area contributed by atoms with Gasteiger partial charge < -0.3 is 25.5 Å². The molecule has 10 heteroatoms.